The average Bonchev–Trinajstić information content (AvgIpc) is 3.02. The van der Waals surface area contributed by atoms with Crippen molar-refractivity contribution < 1.29 is 13.5 Å². The molecule has 25 heavy (non-hydrogen) atoms. The molecule has 5 nitrogen and oxygen atoms in total. The van der Waals surface area contributed by atoms with Gasteiger partial charge in [0.05, 0.1) is 5.69 Å². The van der Waals surface area contributed by atoms with E-state index in [2.05, 4.69) is 31.8 Å². The third-order valence-electron chi connectivity index (χ3n) is 4.22. The molecule has 134 valence electrons. The number of halogens is 2. The lowest BCUT2D eigenvalue weighted by Crippen LogP contribution is -2.27. The lowest BCUT2D eigenvalue weighted by atomic mass is 10.2. The fourth-order valence-corrected chi connectivity index (χ4v) is 3.10. The molecule has 3 rings (SSSR count). The van der Waals surface area contributed by atoms with Crippen LogP contribution in [0.4, 0.5) is 20.3 Å². The van der Waals surface area contributed by atoms with Gasteiger partial charge in [0.2, 0.25) is 0 Å². The Hall–Kier alpha value is -2.44. The number of hydrogen-bond acceptors (Lipinski definition) is 5. The number of aryl methyl sites for hydroxylation is 2. The van der Waals surface area contributed by atoms with Gasteiger partial charge in [-0.05, 0) is 31.9 Å². The number of nitrogens with zero attached hydrogens (tertiary/aromatic N) is 3. The molecule has 2 aromatic rings. The zero-order valence-electron chi connectivity index (χ0n) is 14.4. The maximum absolute atomic E-state index is 12.6. The molecular formula is C18H22F2N4O. The third-order valence-corrected chi connectivity index (χ3v) is 4.22. The Balaban J connectivity index is 1.69. The molecule has 1 saturated heterocycles. The van der Waals surface area contributed by atoms with Crippen molar-refractivity contribution in [2.75, 3.05) is 23.3 Å². The Morgan fingerprint density at radius 2 is 2.12 bits per heavy atom. The molecule has 1 atom stereocenters. The van der Waals surface area contributed by atoms with Gasteiger partial charge in [-0.25, -0.2) is 9.97 Å². The van der Waals surface area contributed by atoms with Gasteiger partial charge in [0, 0.05) is 30.9 Å². The van der Waals surface area contributed by atoms with Crippen molar-refractivity contribution in [3.8, 4) is 5.75 Å². The molecule has 1 aromatic heterocycles. The van der Waals surface area contributed by atoms with E-state index in [4.69, 9.17) is 0 Å². The van der Waals surface area contributed by atoms with Gasteiger partial charge in [0.1, 0.15) is 17.4 Å². The number of alkyl halides is 2. The van der Waals surface area contributed by atoms with Crippen LogP contribution in [0.1, 0.15) is 24.9 Å². The molecule has 0 aliphatic carbocycles. The summed E-state index contributed by atoms with van der Waals surface area (Å²) in [6.45, 7) is 2.58. The van der Waals surface area contributed by atoms with Gasteiger partial charge < -0.3 is 15.0 Å². The monoisotopic (exact) mass is 348 g/mol. The summed E-state index contributed by atoms with van der Waals surface area (Å²) in [4.78, 5) is 10.9. The second kappa shape index (κ2) is 7.63. The van der Waals surface area contributed by atoms with Crippen LogP contribution in [0.5, 0.6) is 5.75 Å². The summed E-state index contributed by atoms with van der Waals surface area (Å²) in [7, 11) is 0. The molecule has 2 heterocycles. The van der Waals surface area contributed by atoms with Crippen LogP contribution >= 0.6 is 0 Å². The predicted octanol–water partition coefficient (Wildman–Crippen LogP) is 3.64. The third kappa shape index (κ3) is 4.35. The summed E-state index contributed by atoms with van der Waals surface area (Å²) in [5, 5.41) is 3.43. The molecule has 0 saturated carbocycles. The minimum absolute atomic E-state index is 0.193. The first-order valence-corrected chi connectivity index (χ1v) is 8.45. The van der Waals surface area contributed by atoms with E-state index in [0.717, 1.165) is 36.7 Å². The first-order chi connectivity index (χ1) is 12.0. The van der Waals surface area contributed by atoms with Gasteiger partial charge in [-0.15, -0.1) is 0 Å². The first kappa shape index (κ1) is 17.4. The second-order valence-corrected chi connectivity index (χ2v) is 6.07. The molecule has 1 fully saturated rings. The predicted molar refractivity (Wildman–Crippen MR) is 93.5 cm³/mol. The van der Waals surface area contributed by atoms with Gasteiger partial charge in [-0.1, -0.05) is 19.1 Å². The Bertz CT molecular complexity index is 726. The first-order valence-electron chi connectivity index (χ1n) is 8.45. The van der Waals surface area contributed by atoms with E-state index in [-0.39, 0.29) is 11.8 Å². The van der Waals surface area contributed by atoms with Crippen LogP contribution in [0.2, 0.25) is 0 Å². The minimum Gasteiger partial charge on any atom is -0.433 e. The fourth-order valence-electron chi connectivity index (χ4n) is 3.10. The average molecular weight is 348 g/mol. The normalized spacial score (nSPS) is 17.2. The van der Waals surface area contributed by atoms with E-state index < -0.39 is 6.61 Å². The van der Waals surface area contributed by atoms with Crippen LogP contribution < -0.4 is 15.0 Å². The van der Waals surface area contributed by atoms with Crippen LogP contribution in [0, 0.1) is 6.92 Å². The van der Waals surface area contributed by atoms with Gasteiger partial charge in [0.25, 0.3) is 0 Å². The number of para-hydroxylation sites is 2. The number of rotatable bonds is 6. The highest BCUT2D eigenvalue weighted by atomic mass is 19.3. The van der Waals surface area contributed by atoms with Crippen molar-refractivity contribution in [1.82, 2.24) is 9.97 Å². The van der Waals surface area contributed by atoms with Gasteiger partial charge in [0.15, 0.2) is 0 Å². The molecule has 0 radical (unpaired) electrons. The van der Waals surface area contributed by atoms with E-state index in [1.54, 1.807) is 12.1 Å². The second-order valence-electron chi connectivity index (χ2n) is 6.07. The summed E-state index contributed by atoms with van der Waals surface area (Å²) in [5.74, 6) is 1.77. The summed E-state index contributed by atoms with van der Waals surface area (Å²) < 4.78 is 29.8. The van der Waals surface area contributed by atoms with E-state index in [0.29, 0.717) is 12.2 Å². The summed E-state index contributed by atoms with van der Waals surface area (Å²) in [5.41, 5.74) is 1.70. The van der Waals surface area contributed by atoms with Crippen LogP contribution in [0.25, 0.3) is 0 Å². The Morgan fingerprint density at radius 3 is 2.88 bits per heavy atom. The molecule has 1 aromatic carbocycles. The molecular weight excluding hydrogens is 326 g/mol. The number of aromatic nitrogens is 2. The van der Waals surface area contributed by atoms with Crippen LogP contribution in [-0.2, 0) is 6.42 Å². The lowest BCUT2D eigenvalue weighted by Gasteiger charge is -2.22. The van der Waals surface area contributed by atoms with Crippen molar-refractivity contribution in [3.63, 3.8) is 0 Å². The zero-order valence-corrected chi connectivity index (χ0v) is 14.4. The topological polar surface area (TPSA) is 50.3 Å². The maximum atomic E-state index is 12.6. The van der Waals surface area contributed by atoms with E-state index in [1.807, 2.05) is 25.1 Å². The number of anilines is 2. The fraction of sp³-hybridized carbons (Fsp3) is 0.444. The van der Waals surface area contributed by atoms with Crippen molar-refractivity contribution in [1.29, 1.82) is 0 Å². The quantitative estimate of drug-likeness (QED) is 0.864. The minimum atomic E-state index is -2.82. The maximum Gasteiger partial charge on any atom is 0.387 e. The van der Waals surface area contributed by atoms with Crippen molar-refractivity contribution >= 4 is 11.5 Å². The summed E-state index contributed by atoms with van der Waals surface area (Å²) in [6, 6.07) is 9.06. The standard InChI is InChI=1S/C18H22F2N4O/c1-3-13-10-17(22-12(2)21-13)23-14-8-9-24(11-14)15-6-4-5-7-16(15)25-18(19)20/h4-7,10,14,18H,3,8-9,11H2,1-2H3,(H,21,22,23). The van der Waals surface area contributed by atoms with Gasteiger partial charge >= 0.3 is 6.61 Å². The molecule has 1 N–H and O–H groups in total. The SMILES string of the molecule is CCc1cc(NC2CCN(c3ccccc3OC(F)F)C2)nc(C)n1. The van der Waals surface area contributed by atoms with Crippen LogP contribution in [0.3, 0.4) is 0 Å². The smallest absolute Gasteiger partial charge is 0.387 e. The highest BCUT2D eigenvalue weighted by Gasteiger charge is 2.25. The Kier molecular flexibility index (Phi) is 5.31. The number of benzene rings is 1. The molecule has 0 bridgehead atoms. The molecule has 7 heteroatoms. The van der Waals surface area contributed by atoms with E-state index >= 15 is 0 Å². The van der Waals surface area contributed by atoms with Crippen molar-refractivity contribution in [2.45, 2.75) is 39.3 Å². The van der Waals surface area contributed by atoms with Crippen molar-refractivity contribution in [3.05, 3.63) is 41.9 Å². The molecule has 0 spiro atoms. The molecule has 1 aliphatic heterocycles. The largest absolute Gasteiger partial charge is 0.433 e. The van der Waals surface area contributed by atoms with E-state index in [1.165, 1.54) is 0 Å². The lowest BCUT2D eigenvalue weighted by molar-refractivity contribution is -0.0495. The van der Waals surface area contributed by atoms with Gasteiger partial charge in [-0.2, -0.15) is 8.78 Å². The van der Waals surface area contributed by atoms with Crippen LogP contribution in [-0.4, -0.2) is 35.7 Å². The van der Waals surface area contributed by atoms with Crippen LogP contribution in [0.15, 0.2) is 30.3 Å². The highest BCUT2D eigenvalue weighted by molar-refractivity contribution is 5.59. The zero-order chi connectivity index (χ0) is 17.8. The highest BCUT2D eigenvalue weighted by Crippen LogP contribution is 2.32. The summed E-state index contributed by atoms with van der Waals surface area (Å²) in [6.07, 6.45) is 1.75. The van der Waals surface area contributed by atoms with Crippen molar-refractivity contribution in [2.24, 2.45) is 0 Å². The molecule has 0 amide bonds. The molecule has 1 aliphatic rings. The van der Waals surface area contributed by atoms with Gasteiger partial charge in [-0.3, -0.25) is 0 Å². The number of ether oxygens (including phenoxy) is 1. The molecule has 1 unspecified atom stereocenters. The Morgan fingerprint density at radius 1 is 1.32 bits per heavy atom. The number of hydrogen-bond donors (Lipinski definition) is 1. The summed E-state index contributed by atoms with van der Waals surface area (Å²) >= 11 is 0. The Labute approximate surface area is 146 Å². The number of nitrogens with one attached hydrogen (secondary N) is 1. The van der Waals surface area contributed by atoms with E-state index in [9.17, 15) is 8.78 Å².